The Labute approximate surface area is 151 Å². The highest BCUT2D eigenvalue weighted by Gasteiger charge is 2.08. The van der Waals surface area contributed by atoms with Crippen LogP contribution < -0.4 is 5.32 Å². The van der Waals surface area contributed by atoms with Gasteiger partial charge in [0.15, 0.2) is 0 Å². The number of benzene rings is 1. The summed E-state index contributed by atoms with van der Waals surface area (Å²) in [7, 11) is 0. The van der Waals surface area contributed by atoms with E-state index in [1.165, 1.54) is 0 Å². The average Bonchev–Trinajstić information content (AvgIpc) is 3.27. The molecule has 0 bridgehead atoms. The molecule has 25 heavy (non-hydrogen) atoms. The predicted octanol–water partition coefficient (Wildman–Crippen LogP) is 3.48. The molecular formula is C19H22N4OS. The molecule has 0 radical (unpaired) electrons. The molecule has 2 heterocycles. The van der Waals surface area contributed by atoms with E-state index in [9.17, 15) is 4.79 Å². The minimum Gasteiger partial charge on any atom is -0.352 e. The minimum absolute atomic E-state index is 0.0540. The first-order valence-electron chi connectivity index (χ1n) is 8.40. The van der Waals surface area contributed by atoms with Gasteiger partial charge >= 0.3 is 0 Å². The number of nitrogens with one attached hydrogen (secondary N) is 1. The van der Waals surface area contributed by atoms with Gasteiger partial charge in [-0.15, -0.1) is 11.3 Å². The van der Waals surface area contributed by atoms with Gasteiger partial charge in [-0.3, -0.25) is 9.48 Å². The fourth-order valence-electron chi connectivity index (χ4n) is 2.50. The molecule has 130 valence electrons. The molecule has 1 amide bonds. The van der Waals surface area contributed by atoms with Gasteiger partial charge in [-0.25, -0.2) is 4.98 Å². The SMILES string of the molecule is CC(C)c1nc(CCNC(=O)c2cccc(Cn3cccn3)c2)cs1. The van der Waals surface area contributed by atoms with Crippen molar-refractivity contribution in [2.75, 3.05) is 6.54 Å². The summed E-state index contributed by atoms with van der Waals surface area (Å²) in [6.45, 7) is 5.52. The van der Waals surface area contributed by atoms with Gasteiger partial charge in [0.25, 0.3) is 5.91 Å². The third kappa shape index (κ3) is 4.76. The van der Waals surface area contributed by atoms with E-state index in [2.05, 4.69) is 34.6 Å². The van der Waals surface area contributed by atoms with E-state index in [1.807, 2.05) is 41.2 Å². The summed E-state index contributed by atoms with van der Waals surface area (Å²) < 4.78 is 1.84. The predicted molar refractivity (Wildman–Crippen MR) is 100 cm³/mol. The summed E-state index contributed by atoms with van der Waals surface area (Å²) in [5, 5.41) is 10.4. The summed E-state index contributed by atoms with van der Waals surface area (Å²) in [5.74, 6) is 0.396. The zero-order valence-corrected chi connectivity index (χ0v) is 15.3. The van der Waals surface area contributed by atoms with Gasteiger partial charge in [-0.05, 0) is 23.8 Å². The van der Waals surface area contributed by atoms with Gasteiger partial charge in [-0.2, -0.15) is 5.10 Å². The lowest BCUT2D eigenvalue weighted by Crippen LogP contribution is -2.25. The van der Waals surface area contributed by atoms with Crippen molar-refractivity contribution < 1.29 is 4.79 Å². The zero-order chi connectivity index (χ0) is 17.6. The van der Waals surface area contributed by atoms with Crippen LogP contribution in [0.1, 0.15) is 46.4 Å². The molecule has 3 aromatic rings. The second-order valence-corrected chi connectivity index (χ2v) is 7.13. The van der Waals surface area contributed by atoms with E-state index in [0.29, 0.717) is 24.6 Å². The molecule has 0 atom stereocenters. The van der Waals surface area contributed by atoms with Crippen LogP contribution in [0.2, 0.25) is 0 Å². The third-order valence-corrected chi connectivity index (χ3v) is 5.02. The first kappa shape index (κ1) is 17.4. The van der Waals surface area contributed by atoms with Gasteiger partial charge in [0, 0.05) is 42.2 Å². The number of thiazole rings is 1. The summed E-state index contributed by atoms with van der Waals surface area (Å²) in [6, 6.07) is 9.54. The fraction of sp³-hybridized carbons (Fsp3) is 0.316. The van der Waals surface area contributed by atoms with Crippen molar-refractivity contribution in [1.82, 2.24) is 20.1 Å². The van der Waals surface area contributed by atoms with E-state index in [-0.39, 0.29) is 5.91 Å². The maximum Gasteiger partial charge on any atom is 0.251 e. The Balaban J connectivity index is 1.54. The van der Waals surface area contributed by atoms with Gasteiger partial charge in [0.1, 0.15) is 0 Å². The number of nitrogens with zero attached hydrogens (tertiary/aromatic N) is 3. The van der Waals surface area contributed by atoms with Crippen LogP contribution in [0.15, 0.2) is 48.1 Å². The average molecular weight is 354 g/mol. The molecule has 1 N–H and O–H groups in total. The van der Waals surface area contributed by atoms with Crippen molar-refractivity contribution in [3.05, 3.63) is 69.9 Å². The molecule has 0 saturated carbocycles. The number of amides is 1. The summed E-state index contributed by atoms with van der Waals surface area (Å²) >= 11 is 1.68. The van der Waals surface area contributed by atoms with E-state index in [4.69, 9.17) is 0 Å². The summed E-state index contributed by atoms with van der Waals surface area (Å²) in [6.07, 6.45) is 4.41. The molecule has 0 spiro atoms. The van der Waals surface area contributed by atoms with Crippen LogP contribution in [-0.2, 0) is 13.0 Å². The molecule has 0 aliphatic rings. The largest absolute Gasteiger partial charge is 0.352 e. The maximum absolute atomic E-state index is 12.4. The Morgan fingerprint density at radius 1 is 1.32 bits per heavy atom. The molecule has 1 aromatic carbocycles. The van der Waals surface area contributed by atoms with Crippen LogP contribution in [0.3, 0.4) is 0 Å². The molecule has 2 aromatic heterocycles. The molecule has 5 nitrogen and oxygen atoms in total. The molecule has 0 aliphatic carbocycles. The Kier molecular flexibility index (Phi) is 5.60. The Morgan fingerprint density at radius 3 is 2.92 bits per heavy atom. The highest BCUT2D eigenvalue weighted by molar-refractivity contribution is 7.09. The molecule has 0 fully saturated rings. The standard InChI is InChI=1S/C19H22N4OS/c1-14(2)19-22-17(13-25-19)7-9-20-18(24)16-6-3-5-15(11-16)12-23-10-4-8-21-23/h3-6,8,10-11,13-14H,7,9,12H2,1-2H3,(H,20,24). The molecule has 3 rings (SSSR count). The molecule has 0 aliphatic heterocycles. The van der Waals surface area contributed by atoms with Crippen molar-refractivity contribution in [1.29, 1.82) is 0 Å². The second kappa shape index (κ2) is 8.07. The first-order chi connectivity index (χ1) is 12.1. The number of carbonyl (C=O) groups excluding carboxylic acids is 1. The Hall–Kier alpha value is -2.47. The first-order valence-corrected chi connectivity index (χ1v) is 9.28. The van der Waals surface area contributed by atoms with Crippen molar-refractivity contribution in [2.24, 2.45) is 0 Å². The van der Waals surface area contributed by atoms with Crippen molar-refractivity contribution in [2.45, 2.75) is 32.7 Å². The van der Waals surface area contributed by atoms with Crippen LogP contribution in [0.5, 0.6) is 0 Å². The fourth-order valence-corrected chi connectivity index (χ4v) is 3.37. The normalized spacial score (nSPS) is 11.0. The Bertz CT molecular complexity index is 824. The zero-order valence-electron chi connectivity index (χ0n) is 14.5. The van der Waals surface area contributed by atoms with E-state index in [1.54, 1.807) is 17.5 Å². The third-order valence-electron chi connectivity index (χ3n) is 3.82. The minimum atomic E-state index is -0.0540. The van der Waals surface area contributed by atoms with Crippen molar-refractivity contribution >= 4 is 17.2 Å². The maximum atomic E-state index is 12.4. The number of carbonyl (C=O) groups is 1. The number of hydrogen-bond donors (Lipinski definition) is 1. The lowest BCUT2D eigenvalue weighted by atomic mass is 10.1. The van der Waals surface area contributed by atoms with Crippen molar-refractivity contribution in [3.8, 4) is 0 Å². The van der Waals surface area contributed by atoms with Crippen LogP contribution in [0, 0.1) is 0 Å². The summed E-state index contributed by atoms with van der Waals surface area (Å²) in [5.41, 5.74) is 2.77. The van der Waals surface area contributed by atoms with Crippen LogP contribution in [0.25, 0.3) is 0 Å². The molecular weight excluding hydrogens is 332 g/mol. The molecule has 0 saturated heterocycles. The Morgan fingerprint density at radius 2 is 2.20 bits per heavy atom. The van der Waals surface area contributed by atoms with Gasteiger partial charge < -0.3 is 5.32 Å². The lowest BCUT2D eigenvalue weighted by Gasteiger charge is -2.07. The number of aromatic nitrogens is 3. The number of rotatable bonds is 7. The van der Waals surface area contributed by atoms with E-state index >= 15 is 0 Å². The van der Waals surface area contributed by atoms with Gasteiger partial charge in [0.05, 0.1) is 17.2 Å². The van der Waals surface area contributed by atoms with E-state index in [0.717, 1.165) is 22.7 Å². The summed E-state index contributed by atoms with van der Waals surface area (Å²) in [4.78, 5) is 16.9. The topological polar surface area (TPSA) is 59.8 Å². The van der Waals surface area contributed by atoms with Crippen LogP contribution >= 0.6 is 11.3 Å². The molecule has 6 heteroatoms. The smallest absolute Gasteiger partial charge is 0.251 e. The van der Waals surface area contributed by atoms with Gasteiger partial charge in [-0.1, -0.05) is 26.0 Å². The van der Waals surface area contributed by atoms with Crippen LogP contribution in [-0.4, -0.2) is 27.2 Å². The van der Waals surface area contributed by atoms with E-state index < -0.39 is 0 Å². The monoisotopic (exact) mass is 354 g/mol. The van der Waals surface area contributed by atoms with Crippen molar-refractivity contribution in [3.63, 3.8) is 0 Å². The van der Waals surface area contributed by atoms with Gasteiger partial charge in [0.2, 0.25) is 0 Å². The van der Waals surface area contributed by atoms with Crippen LogP contribution in [0.4, 0.5) is 0 Å². The lowest BCUT2D eigenvalue weighted by molar-refractivity contribution is 0.0954. The highest BCUT2D eigenvalue weighted by atomic mass is 32.1. The molecule has 0 unspecified atom stereocenters. The highest BCUT2D eigenvalue weighted by Crippen LogP contribution is 2.19. The quantitative estimate of drug-likeness (QED) is 0.706. The second-order valence-electron chi connectivity index (χ2n) is 6.24. The number of hydrogen-bond acceptors (Lipinski definition) is 4.